The Kier molecular flexibility index (Phi) is 5.57. The largest absolute Gasteiger partial charge is 0.412 e. The number of ketones is 1. The molecule has 0 saturated heterocycles. The topological polar surface area (TPSA) is 85.4 Å². The molecular formula is C15H16ClFNO3+. The average molecular weight is 313 g/mol. The number of carbonyl (C=O) groups is 1. The molecule has 0 spiro atoms. The molecular weight excluding hydrogens is 297 g/mol. The van der Waals surface area contributed by atoms with Gasteiger partial charge in [-0.15, -0.1) is 0 Å². The number of Topliss-reactive ketones (excluding diaryl/α,β-unsaturated/α-hetero) is 1. The van der Waals surface area contributed by atoms with Crippen molar-refractivity contribution in [3.63, 3.8) is 0 Å². The van der Waals surface area contributed by atoms with Crippen molar-refractivity contribution in [3.8, 4) is 11.1 Å². The third kappa shape index (κ3) is 3.28. The number of hydrogen-bond acceptors (Lipinski definition) is 2. The van der Waals surface area contributed by atoms with Crippen LogP contribution in [0.25, 0.3) is 11.1 Å². The molecule has 0 aliphatic heterocycles. The lowest BCUT2D eigenvalue weighted by Gasteiger charge is -2.13. The third-order valence-corrected chi connectivity index (χ3v) is 3.59. The van der Waals surface area contributed by atoms with E-state index in [4.69, 9.17) is 11.6 Å². The van der Waals surface area contributed by atoms with Crippen molar-refractivity contribution in [2.75, 3.05) is 0 Å². The van der Waals surface area contributed by atoms with Gasteiger partial charge in [-0.25, -0.2) is 9.60 Å². The van der Waals surface area contributed by atoms with Crippen LogP contribution in [0.15, 0.2) is 30.3 Å². The third-order valence-electron chi connectivity index (χ3n) is 3.19. The van der Waals surface area contributed by atoms with Gasteiger partial charge in [0.25, 0.3) is 0 Å². The Morgan fingerprint density at radius 2 is 2.00 bits per heavy atom. The van der Waals surface area contributed by atoms with Gasteiger partial charge in [-0.2, -0.15) is 5.48 Å². The molecule has 4 nitrogen and oxygen atoms in total. The first-order valence-corrected chi connectivity index (χ1v) is 6.41. The van der Waals surface area contributed by atoms with Gasteiger partial charge in [0.2, 0.25) is 0 Å². The quantitative estimate of drug-likeness (QED) is 0.518. The Balaban J connectivity index is 0.00000220. The van der Waals surface area contributed by atoms with Crippen LogP contribution in [-0.4, -0.2) is 16.5 Å². The van der Waals surface area contributed by atoms with Crippen LogP contribution in [0.3, 0.4) is 0 Å². The molecule has 0 unspecified atom stereocenters. The van der Waals surface area contributed by atoms with E-state index in [1.165, 1.54) is 19.1 Å². The zero-order valence-electron chi connectivity index (χ0n) is 11.6. The summed E-state index contributed by atoms with van der Waals surface area (Å²) in [6.45, 7) is 3.14. The Morgan fingerprint density at radius 3 is 2.52 bits per heavy atom. The molecule has 0 aliphatic rings. The fraction of sp³-hybridized carbons (Fsp3) is 0.133. The Labute approximate surface area is 126 Å². The lowest BCUT2D eigenvalue weighted by Crippen LogP contribution is -2.74. The summed E-state index contributed by atoms with van der Waals surface area (Å²) in [6, 6.07) is 7.43. The number of nitrogens with two attached hydrogens (primary N) is 1. The smallest absolute Gasteiger partial charge is 0.174 e. The van der Waals surface area contributed by atoms with Crippen molar-refractivity contribution in [1.29, 1.82) is 0 Å². The highest BCUT2D eigenvalue weighted by Gasteiger charge is 2.22. The molecule has 0 aliphatic carbocycles. The predicted octanol–water partition coefficient (Wildman–Crippen LogP) is 2.42. The lowest BCUT2D eigenvalue weighted by atomic mass is 9.93. The number of benzene rings is 2. The molecule has 2 rings (SSSR count). The SMILES string of the molecule is CC(=O)c1cc(Cl)c(C)c([NH2+]O)c1-c1cccc(F)c1.O. The summed E-state index contributed by atoms with van der Waals surface area (Å²) in [4.78, 5) is 11.8. The number of halogens is 2. The second-order valence-electron chi connectivity index (χ2n) is 4.52. The summed E-state index contributed by atoms with van der Waals surface area (Å²) in [5.41, 5.74) is 3.32. The lowest BCUT2D eigenvalue weighted by molar-refractivity contribution is -0.825. The molecule has 2 aromatic rings. The van der Waals surface area contributed by atoms with E-state index < -0.39 is 5.82 Å². The van der Waals surface area contributed by atoms with Gasteiger partial charge in [0.05, 0.1) is 10.6 Å². The van der Waals surface area contributed by atoms with Gasteiger partial charge in [-0.1, -0.05) is 23.7 Å². The second-order valence-corrected chi connectivity index (χ2v) is 4.92. The summed E-state index contributed by atoms with van der Waals surface area (Å²) >= 11 is 6.08. The van der Waals surface area contributed by atoms with E-state index in [0.717, 1.165) is 5.48 Å². The fourth-order valence-corrected chi connectivity index (χ4v) is 2.37. The van der Waals surface area contributed by atoms with Gasteiger partial charge in [0.1, 0.15) is 5.82 Å². The van der Waals surface area contributed by atoms with Crippen LogP contribution in [0, 0.1) is 12.7 Å². The van der Waals surface area contributed by atoms with Crippen molar-refractivity contribution in [1.82, 2.24) is 0 Å². The second kappa shape index (κ2) is 6.78. The predicted molar refractivity (Wildman–Crippen MR) is 78.6 cm³/mol. The monoisotopic (exact) mass is 312 g/mol. The summed E-state index contributed by atoms with van der Waals surface area (Å²) in [7, 11) is 0. The van der Waals surface area contributed by atoms with E-state index >= 15 is 0 Å². The molecule has 112 valence electrons. The summed E-state index contributed by atoms with van der Waals surface area (Å²) < 4.78 is 13.4. The zero-order chi connectivity index (χ0) is 14.9. The minimum atomic E-state index is -0.409. The van der Waals surface area contributed by atoms with E-state index in [2.05, 4.69) is 0 Å². The molecule has 5 N–H and O–H groups in total. The fourth-order valence-electron chi connectivity index (χ4n) is 2.16. The number of hydrogen-bond donors (Lipinski definition) is 2. The van der Waals surface area contributed by atoms with E-state index in [1.54, 1.807) is 25.1 Å². The zero-order valence-corrected chi connectivity index (χ0v) is 12.3. The maximum atomic E-state index is 13.4. The van der Waals surface area contributed by atoms with Gasteiger partial charge in [0.15, 0.2) is 11.5 Å². The van der Waals surface area contributed by atoms with Crippen molar-refractivity contribution in [3.05, 3.63) is 52.3 Å². The van der Waals surface area contributed by atoms with Gasteiger partial charge < -0.3 is 5.48 Å². The maximum Gasteiger partial charge on any atom is 0.174 e. The summed E-state index contributed by atoms with van der Waals surface area (Å²) in [6.07, 6.45) is 0. The Bertz CT molecular complexity index is 689. The first kappa shape index (κ1) is 17.3. The maximum absolute atomic E-state index is 13.4. The minimum absolute atomic E-state index is 0. The number of carbonyl (C=O) groups excluding carboxylic acids is 1. The molecule has 21 heavy (non-hydrogen) atoms. The van der Waals surface area contributed by atoms with Crippen molar-refractivity contribution >= 4 is 23.1 Å². The highest BCUT2D eigenvalue weighted by Crippen LogP contribution is 2.36. The van der Waals surface area contributed by atoms with E-state index in [-0.39, 0.29) is 11.3 Å². The van der Waals surface area contributed by atoms with Crippen molar-refractivity contribution in [2.45, 2.75) is 13.8 Å². The summed E-state index contributed by atoms with van der Waals surface area (Å²) in [5, 5.41) is 9.86. The molecule has 0 aromatic heterocycles. The molecule has 0 atom stereocenters. The standard InChI is InChI=1S/C15H13ClFNO2.H2O/c1-8-13(16)7-12(9(2)19)14(15(8)18-20)10-4-3-5-11(17)6-10;/h3-7,18,20H,1-2H3;1H2/p+1. The van der Waals surface area contributed by atoms with Crippen LogP contribution in [0.2, 0.25) is 5.02 Å². The highest BCUT2D eigenvalue weighted by atomic mass is 35.5. The molecule has 0 radical (unpaired) electrons. The van der Waals surface area contributed by atoms with Gasteiger partial charge in [-0.3, -0.25) is 4.79 Å². The summed E-state index contributed by atoms with van der Waals surface area (Å²) in [5.74, 6) is -0.609. The van der Waals surface area contributed by atoms with Crippen LogP contribution >= 0.6 is 11.6 Å². The molecule has 0 bridgehead atoms. The average Bonchev–Trinajstić information content (AvgIpc) is 2.40. The first-order chi connectivity index (χ1) is 9.45. The first-order valence-electron chi connectivity index (χ1n) is 6.03. The molecule has 0 saturated carbocycles. The molecule has 0 amide bonds. The van der Waals surface area contributed by atoms with Gasteiger partial charge in [0, 0.05) is 11.1 Å². The molecule has 0 heterocycles. The molecule has 6 heteroatoms. The molecule has 0 fully saturated rings. The van der Waals surface area contributed by atoms with E-state index in [0.29, 0.717) is 33.0 Å². The van der Waals surface area contributed by atoms with Crippen LogP contribution in [0.1, 0.15) is 22.8 Å². The van der Waals surface area contributed by atoms with Gasteiger partial charge in [-0.05, 0) is 37.6 Å². The number of rotatable bonds is 3. The normalized spacial score (nSPS) is 10.1. The Morgan fingerprint density at radius 1 is 1.33 bits per heavy atom. The van der Waals surface area contributed by atoms with Crippen molar-refractivity contribution < 1.29 is 25.3 Å². The van der Waals surface area contributed by atoms with Gasteiger partial charge >= 0.3 is 0 Å². The van der Waals surface area contributed by atoms with Crippen LogP contribution < -0.4 is 5.48 Å². The van der Waals surface area contributed by atoms with Crippen LogP contribution in [0.5, 0.6) is 0 Å². The minimum Gasteiger partial charge on any atom is -0.412 e. The molecule has 2 aromatic carbocycles. The highest BCUT2D eigenvalue weighted by molar-refractivity contribution is 6.32. The van der Waals surface area contributed by atoms with Crippen LogP contribution in [-0.2, 0) is 0 Å². The van der Waals surface area contributed by atoms with E-state index in [1.807, 2.05) is 0 Å². The Hall–Kier alpha value is -1.79. The van der Waals surface area contributed by atoms with Crippen LogP contribution in [0.4, 0.5) is 10.1 Å². The van der Waals surface area contributed by atoms with E-state index in [9.17, 15) is 14.4 Å². The van der Waals surface area contributed by atoms with Crippen molar-refractivity contribution in [2.24, 2.45) is 0 Å². The number of quaternary nitrogens is 1.